The maximum absolute atomic E-state index is 6.20. The van der Waals surface area contributed by atoms with Crippen molar-refractivity contribution in [3.8, 4) is 0 Å². The van der Waals surface area contributed by atoms with E-state index in [-0.39, 0.29) is 6.10 Å². The lowest BCUT2D eigenvalue weighted by Gasteiger charge is -2.32. The van der Waals surface area contributed by atoms with Gasteiger partial charge < -0.3 is 4.74 Å². The molecule has 1 aromatic rings. The van der Waals surface area contributed by atoms with Gasteiger partial charge in [-0.2, -0.15) is 0 Å². The third kappa shape index (κ3) is 3.91. The van der Waals surface area contributed by atoms with Gasteiger partial charge in [-0.1, -0.05) is 31.9 Å². The minimum Gasteiger partial charge on any atom is -0.368 e. The van der Waals surface area contributed by atoms with Crippen molar-refractivity contribution in [3.05, 3.63) is 21.1 Å². The summed E-state index contributed by atoms with van der Waals surface area (Å²) in [4.78, 5) is 11.4. The van der Waals surface area contributed by atoms with E-state index < -0.39 is 0 Å². The Morgan fingerprint density at radius 3 is 2.85 bits per heavy atom. The van der Waals surface area contributed by atoms with Crippen LogP contribution in [-0.4, -0.2) is 41.1 Å². The van der Waals surface area contributed by atoms with Crippen molar-refractivity contribution in [2.24, 2.45) is 0 Å². The molecule has 0 bridgehead atoms. The Labute approximate surface area is 134 Å². The molecule has 1 fully saturated rings. The molecule has 2 heterocycles. The quantitative estimate of drug-likeness (QED) is 0.750. The van der Waals surface area contributed by atoms with Crippen LogP contribution >= 0.6 is 27.5 Å². The zero-order valence-corrected chi connectivity index (χ0v) is 14.4. The molecule has 20 heavy (non-hydrogen) atoms. The molecule has 1 aromatic heterocycles. The van der Waals surface area contributed by atoms with Crippen LogP contribution < -0.4 is 0 Å². The molecular formula is C14H21BrClN3O. The zero-order valence-electron chi connectivity index (χ0n) is 12.0. The molecule has 0 aromatic carbocycles. The summed E-state index contributed by atoms with van der Waals surface area (Å²) < 4.78 is 6.64. The van der Waals surface area contributed by atoms with Gasteiger partial charge in [0.05, 0.1) is 16.8 Å². The van der Waals surface area contributed by atoms with Crippen LogP contribution in [0.2, 0.25) is 5.15 Å². The fraction of sp³-hybridized carbons (Fsp3) is 0.714. The molecule has 0 spiro atoms. The number of morpholine rings is 1. The van der Waals surface area contributed by atoms with Crippen LogP contribution in [0.5, 0.6) is 0 Å². The number of nitrogens with zero attached hydrogens (tertiary/aromatic N) is 3. The summed E-state index contributed by atoms with van der Waals surface area (Å²) in [6.45, 7) is 7.96. The van der Waals surface area contributed by atoms with E-state index >= 15 is 0 Å². The number of hydrogen-bond donors (Lipinski definition) is 0. The number of halogens is 2. The van der Waals surface area contributed by atoms with Gasteiger partial charge in [-0.25, -0.2) is 9.97 Å². The van der Waals surface area contributed by atoms with E-state index in [2.05, 4.69) is 44.6 Å². The lowest BCUT2D eigenvalue weighted by molar-refractivity contribution is -0.0343. The normalized spacial score (nSPS) is 20.3. The first-order valence-corrected chi connectivity index (χ1v) is 8.38. The first kappa shape index (κ1) is 16.1. The summed E-state index contributed by atoms with van der Waals surface area (Å²) in [5.41, 5.74) is 0.971. The van der Waals surface area contributed by atoms with E-state index in [4.69, 9.17) is 16.3 Å². The molecule has 4 nitrogen and oxygen atoms in total. The molecule has 1 aliphatic rings. The van der Waals surface area contributed by atoms with Gasteiger partial charge in [0.1, 0.15) is 11.3 Å². The van der Waals surface area contributed by atoms with Crippen LogP contribution in [-0.2, 0) is 11.2 Å². The van der Waals surface area contributed by atoms with E-state index in [1.807, 2.05) is 0 Å². The van der Waals surface area contributed by atoms with Crippen molar-refractivity contribution < 1.29 is 4.74 Å². The highest BCUT2D eigenvalue weighted by molar-refractivity contribution is 9.10. The van der Waals surface area contributed by atoms with Crippen LogP contribution in [0.15, 0.2) is 4.47 Å². The molecule has 112 valence electrons. The number of aryl methyl sites for hydroxylation is 1. The first-order valence-electron chi connectivity index (χ1n) is 7.21. The highest BCUT2D eigenvalue weighted by Gasteiger charge is 2.25. The van der Waals surface area contributed by atoms with Crippen molar-refractivity contribution in [2.75, 3.05) is 26.2 Å². The predicted molar refractivity (Wildman–Crippen MR) is 84.2 cm³/mol. The second-order valence-electron chi connectivity index (χ2n) is 5.04. The van der Waals surface area contributed by atoms with Crippen molar-refractivity contribution in [1.82, 2.24) is 14.9 Å². The van der Waals surface area contributed by atoms with Crippen molar-refractivity contribution >= 4 is 27.5 Å². The number of ether oxygens (including phenoxy) is 1. The molecule has 1 atom stereocenters. The highest BCUT2D eigenvalue weighted by atomic mass is 79.9. The Bertz CT molecular complexity index is 456. The summed E-state index contributed by atoms with van der Waals surface area (Å²) >= 11 is 9.67. The smallest absolute Gasteiger partial charge is 0.160 e. The van der Waals surface area contributed by atoms with E-state index in [9.17, 15) is 0 Å². The molecule has 1 aliphatic heterocycles. The molecule has 2 rings (SSSR count). The van der Waals surface area contributed by atoms with Crippen molar-refractivity contribution in [3.63, 3.8) is 0 Å². The molecule has 1 saturated heterocycles. The predicted octanol–water partition coefficient (Wildman–Crippen LogP) is 3.63. The Hall–Kier alpha value is -0.230. The molecular weight excluding hydrogens is 342 g/mol. The molecule has 0 aliphatic carbocycles. The van der Waals surface area contributed by atoms with Crippen molar-refractivity contribution in [2.45, 2.75) is 39.2 Å². The third-order valence-corrected chi connectivity index (χ3v) is 4.70. The Morgan fingerprint density at radius 2 is 2.15 bits per heavy atom. The summed E-state index contributed by atoms with van der Waals surface area (Å²) in [6, 6.07) is 0. The van der Waals surface area contributed by atoms with E-state index in [0.717, 1.165) is 55.7 Å². The van der Waals surface area contributed by atoms with Crippen LogP contribution in [0.3, 0.4) is 0 Å². The zero-order chi connectivity index (χ0) is 14.5. The second kappa shape index (κ2) is 7.69. The second-order valence-corrected chi connectivity index (χ2v) is 6.19. The van der Waals surface area contributed by atoms with Gasteiger partial charge in [0.25, 0.3) is 0 Å². The third-order valence-electron chi connectivity index (χ3n) is 3.36. The molecule has 0 saturated carbocycles. The van der Waals surface area contributed by atoms with Crippen LogP contribution in [0, 0.1) is 0 Å². The van der Waals surface area contributed by atoms with E-state index in [1.165, 1.54) is 0 Å². The lowest BCUT2D eigenvalue weighted by atomic mass is 10.2. The topological polar surface area (TPSA) is 38.2 Å². The van der Waals surface area contributed by atoms with Gasteiger partial charge in [0.15, 0.2) is 5.82 Å². The minimum absolute atomic E-state index is 0.0727. The average molecular weight is 363 g/mol. The Kier molecular flexibility index (Phi) is 6.20. The SMILES string of the molecule is CCCc1nc(C2CN(CCC)CCO2)nc(Cl)c1Br. The summed E-state index contributed by atoms with van der Waals surface area (Å²) in [5, 5.41) is 0.481. The summed E-state index contributed by atoms with van der Waals surface area (Å²) in [6.07, 6.45) is 2.99. The fourth-order valence-corrected chi connectivity index (χ4v) is 2.98. The largest absolute Gasteiger partial charge is 0.368 e. The van der Waals surface area contributed by atoms with Gasteiger partial charge in [0, 0.05) is 13.1 Å². The lowest BCUT2D eigenvalue weighted by Crippen LogP contribution is -2.39. The Morgan fingerprint density at radius 1 is 1.35 bits per heavy atom. The standard InChI is InChI=1S/C14H21BrClN3O/c1-3-5-10-12(15)13(16)18-14(17-10)11-9-19(6-4-2)7-8-20-11/h11H,3-9H2,1-2H3. The summed E-state index contributed by atoms with van der Waals surface area (Å²) in [7, 11) is 0. The van der Waals surface area contributed by atoms with Crippen LogP contribution in [0.1, 0.15) is 44.3 Å². The maximum atomic E-state index is 6.20. The average Bonchev–Trinajstić information content (AvgIpc) is 2.44. The fourth-order valence-electron chi connectivity index (χ4n) is 2.41. The number of hydrogen-bond acceptors (Lipinski definition) is 4. The van der Waals surface area contributed by atoms with Crippen LogP contribution in [0.4, 0.5) is 0 Å². The van der Waals surface area contributed by atoms with E-state index in [1.54, 1.807) is 0 Å². The van der Waals surface area contributed by atoms with Gasteiger partial charge in [-0.3, -0.25) is 4.90 Å². The molecule has 6 heteroatoms. The highest BCUT2D eigenvalue weighted by Crippen LogP contribution is 2.28. The Balaban J connectivity index is 2.19. The molecule has 0 N–H and O–H groups in total. The van der Waals surface area contributed by atoms with Gasteiger partial charge in [0.2, 0.25) is 0 Å². The minimum atomic E-state index is -0.0727. The number of rotatable bonds is 5. The maximum Gasteiger partial charge on any atom is 0.160 e. The molecule has 0 radical (unpaired) electrons. The van der Waals surface area contributed by atoms with Crippen LogP contribution in [0.25, 0.3) is 0 Å². The van der Waals surface area contributed by atoms with Crippen molar-refractivity contribution in [1.29, 1.82) is 0 Å². The van der Waals surface area contributed by atoms with Gasteiger partial charge in [-0.15, -0.1) is 0 Å². The first-order chi connectivity index (χ1) is 9.65. The van der Waals surface area contributed by atoms with E-state index in [0.29, 0.717) is 11.0 Å². The monoisotopic (exact) mass is 361 g/mol. The van der Waals surface area contributed by atoms with Gasteiger partial charge in [-0.05, 0) is 35.3 Å². The van der Waals surface area contributed by atoms with Gasteiger partial charge >= 0.3 is 0 Å². The summed E-state index contributed by atoms with van der Waals surface area (Å²) in [5.74, 6) is 0.711. The molecule has 1 unspecified atom stereocenters. The molecule has 0 amide bonds. The number of aromatic nitrogens is 2.